The lowest BCUT2D eigenvalue weighted by Crippen LogP contribution is -2.35. The van der Waals surface area contributed by atoms with Crippen LogP contribution in [0.4, 0.5) is 11.5 Å². The van der Waals surface area contributed by atoms with Gasteiger partial charge >= 0.3 is 0 Å². The van der Waals surface area contributed by atoms with Crippen LogP contribution < -0.4 is 10.5 Å². The molecule has 2 aromatic heterocycles. The molecule has 0 atom stereocenters. The molecule has 1 fully saturated rings. The minimum atomic E-state index is -0.0402. The van der Waals surface area contributed by atoms with E-state index in [1.807, 2.05) is 54.4 Å². The lowest BCUT2D eigenvalue weighted by molar-refractivity contribution is 0.0314. The summed E-state index contributed by atoms with van der Waals surface area (Å²) < 4.78 is 13.0. The SMILES string of the molecule is CN(c1cccc(-c2ccc(CN3CCOCC3)o2)c1)c1nc(=N)n(C=N)c2cc(Cl)ccc12. The topological polar surface area (TPSA) is 94.4 Å². The molecule has 34 heavy (non-hydrogen) atoms. The Kier molecular flexibility index (Phi) is 6.19. The van der Waals surface area contributed by atoms with Crippen molar-refractivity contribution < 1.29 is 9.15 Å². The molecule has 0 radical (unpaired) electrons. The van der Waals surface area contributed by atoms with Crippen molar-refractivity contribution in [2.45, 2.75) is 6.54 Å². The molecule has 4 aromatic rings. The number of fused-ring (bicyclic) bond motifs is 1. The van der Waals surface area contributed by atoms with Gasteiger partial charge in [-0.2, -0.15) is 4.98 Å². The summed E-state index contributed by atoms with van der Waals surface area (Å²) in [6, 6.07) is 17.5. The summed E-state index contributed by atoms with van der Waals surface area (Å²) in [7, 11) is 1.91. The maximum absolute atomic E-state index is 8.31. The summed E-state index contributed by atoms with van der Waals surface area (Å²) in [5.41, 5.74) is 2.47. The number of benzene rings is 2. The van der Waals surface area contributed by atoms with Crippen LogP contribution in [0.2, 0.25) is 5.02 Å². The molecule has 0 aliphatic carbocycles. The van der Waals surface area contributed by atoms with E-state index in [1.54, 1.807) is 12.1 Å². The van der Waals surface area contributed by atoms with Crippen LogP contribution in [0.15, 0.2) is 59.0 Å². The molecule has 1 aliphatic rings. The Bertz CT molecular complexity index is 1410. The van der Waals surface area contributed by atoms with E-state index in [-0.39, 0.29) is 5.62 Å². The van der Waals surface area contributed by atoms with E-state index in [2.05, 4.69) is 9.88 Å². The molecule has 0 amide bonds. The van der Waals surface area contributed by atoms with Crippen LogP contribution in [-0.2, 0) is 11.3 Å². The van der Waals surface area contributed by atoms with Crippen molar-refractivity contribution in [2.24, 2.45) is 0 Å². The third-order valence-corrected chi connectivity index (χ3v) is 6.24. The first kappa shape index (κ1) is 22.3. The molecule has 2 aromatic carbocycles. The summed E-state index contributed by atoms with van der Waals surface area (Å²) in [4.78, 5) is 8.73. The fourth-order valence-corrected chi connectivity index (χ4v) is 4.36. The molecule has 5 rings (SSSR count). The molecule has 0 bridgehead atoms. The number of furan rings is 1. The van der Waals surface area contributed by atoms with Crippen molar-refractivity contribution in [3.63, 3.8) is 0 Å². The molecule has 0 spiro atoms. The van der Waals surface area contributed by atoms with Gasteiger partial charge in [-0.15, -0.1) is 0 Å². The maximum Gasteiger partial charge on any atom is 0.229 e. The van der Waals surface area contributed by atoms with Crippen LogP contribution in [-0.4, -0.2) is 54.1 Å². The minimum absolute atomic E-state index is 0.0402. The van der Waals surface area contributed by atoms with Gasteiger partial charge in [0.1, 0.15) is 17.3 Å². The third kappa shape index (κ3) is 4.35. The average Bonchev–Trinajstić information content (AvgIpc) is 3.32. The number of hydrogen-bond acceptors (Lipinski definition) is 7. The van der Waals surface area contributed by atoms with Crippen LogP contribution >= 0.6 is 11.6 Å². The van der Waals surface area contributed by atoms with Gasteiger partial charge in [-0.3, -0.25) is 20.3 Å². The zero-order valence-electron chi connectivity index (χ0n) is 18.8. The quantitative estimate of drug-likeness (QED) is 0.316. The van der Waals surface area contributed by atoms with Gasteiger partial charge in [-0.25, -0.2) is 0 Å². The van der Waals surface area contributed by atoms with E-state index in [0.717, 1.165) is 67.3 Å². The Hall–Kier alpha value is -3.46. The first-order chi connectivity index (χ1) is 16.5. The van der Waals surface area contributed by atoms with Crippen LogP contribution in [0.5, 0.6) is 0 Å². The fourth-order valence-electron chi connectivity index (χ4n) is 4.20. The number of halogens is 1. The number of anilines is 2. The van der Waals surface area contributed by atoms with Crippen molar-refractivity contribution >= 4 is 40.3 Å². The van der Waals surface area contributed by atoms with E-state index in [0.29, 0.717) is 16.4 Å². The van der Waals surface area contributed by atoms with Crippen LogP contribution in [0.25, 0.3) is 22.2 Å². The smallest absolute Gasteiger partial charge is 0.229 e. The lowest BCUT2D eigenvalue weighted by atomic mass is 10.1. The molecule has 8 nitrogen and oxygen atoms in total. The van der Waals surface area contributed by atoms with E-state index < -0.39 is 0 Å². The molecule has 9 heteroatoms. The van der Waals surface area contributed by atoms with Crippen molar-refractivity contribution in [3.8, 4) is 11.3 Å². The zero-order chi connectivity index (χ0) is 23.7. The first-order valence-electron chi connectivity index (χ1n) is 11.0. The minimum Gasteiger partial charge on any atom is -0.460 e. The molecule has 174 valence electrons. The number of nitrogens with one attached hydrogen (secondary N) is 2. The molecule has 0 unspecified atom stereocenters. The standard InChI is InChI=1S/C25H25ClN6O2/c1-30(24-21-7-5-18(26)14-22(21)32(16-27)25(28)29-24)19-4-2-3-17(13-19)23-8-6-20(34-23)15-31-9-11-33-12-10-31/h2-8,13-14,16,27-28H,9-12,15H2,1H3. The molecular formula is C25H25ClN6O2. The number of nitrogens with zero attached hydrogens (tertiary/aromatic N) is 4. The first-order valence-corrected chi connectivity index (χ1v) is 11.4. The molecule has 2 N–H and O–H groups in total. The number of ether oxygens (including phenoxy) is 1. The van der Waals surface area contributed by atoms with Gasteiger partial charge in [-0.1, -0.05) is 23.7 Å². The largest absolute Gasteiger partial charge is 0.460 e. The summed E-state index contributed by atoms with van der Waals surface area (Å²) in [6.07, 6.45) is 1.07. The van der Waals surface area contributed by atoms with Crippen molar-refractivity contribution in [1.29, 1.82) is 10.8 Å². The van der Waals surface area contributed by atoms with E-state index in [9.17, 15) is 0 Å². The zero-order valence-corrected chi connectivity index (χ0v) is 19.5. The normalized spacial score (nSPS) is 14.4. The second kappa shape index (κ2) is 9.42. The summed E-state index contributed by atoms with van der Waals surface area (Å²) >= 11 is 6.20. The second-order valence-corrected chi connectivity index (χ2v) is 8.62. The average molecular weight is 477 g/mol. The molecule has 1 aliphatic heterocycles. The fraction of sp³-hybridized carbons (Fsp3) is 0.240. The lowest BCUT2D eigenvalue weighted by Gasteiger charge is -2.25. The Labute approximate surface area is 202 Å². The second-order valence-electron chi connectivity index (χ2n) is 8.18. The highest BCUT2D eigenvalue weighted by Gasteiger charge is 2.16. The van der Waals surface area contributed by atoms with Crippen LogP contribution in [0.1, 0.15) is 5.76 Å². The summed E-state index contributed by atoms with van der Waals surface area (Å²) in [5, 5.41) is 17.3. The van der Waals surface area contributed by atoms with Crippen LogP contribution in [0.3, 0.4) is 0 Å². The van der Waals surface area contributed by atoms with E-state index >= 15 is 0 Å². The number of morpholine rings is 1. The van der Waals surface area contributed by atoms with Gasteiger partial charge in [0.05, 0.1) is 31.6 Å². The highest BCUT2D eigenvalue weighted by molar-refractivity contribution is 6.31. The van der Waals surface area contributed by atoms with Gasteiger partial charge in [0.15, 0.2) is 0 Å². The predicted octanol–water partition coefficient (Wildman–Crippen LogP) is 4.48. The van der Waals surface area contributed by atoms with Gasteiger partial charge < -0.3 is 14.1 Å². The highest BCUT2D eigenvalue weighted by Crippen LogP contribution is 2.32. The van der Waals surface area contributed by atoms with Gasteiger partial charge in [0.2, 0.25) is 5.62 Å². The number of rotatable bonds is 6. The molecule has 0 saturated carbocycles. The van der Waals surface area contributed by atoms with Gasteiger partial charge in [-0.05, 0) is 42.5 Å². The molecule has 3 heterocycles. The predicted molar refractivity (Wildman–Crippen MR) is 133 cm³/mol. The van der Waals surface area contributed by atoms with E-state index in [1.165, 1.54) is 4.57 Å². The Morgan fingerprint density at radius 3 is 2.74 bits per heavy atom. The Morgan fingerprint density at radius 1 is 1.12 bits per heavy atom. The molecular weight excluding hydrogens is 452 g/mol. The van der Waals surface area contributed by atoms with E-state index in [4.69, 9.17) is 31.6 Å². The molecule has 1 saturated heterocycles. The monoisotopic (exact) mass is 476 g/mol. The van der Waals surface area contributed by atoms with Crippen molar-refractivity contribution in [3.05, 3.63) is 71.0 Å². The van der Waals surface area contributed by atoms with Crippen LogP contribution in [0, 0.1) is 10.8 Å². The Balaban J connectivity index is 1.47. The van der Waals surface area contributed by atoms with Gasteiger partial charge in [0.25, 0.3) is 0 Å². The number of aromatic nitrogens is 2. The maximum atomic E-state index is 8.31. The number of hydrogen-bond donors (Lipinski definition) is 2. The third-order valence-electron chi connectivity index (χ3n) is 6.01. The highest BCUT2D eigenvalue weighted by atomic mass is 35.5. The Morgan fingerprint density at radius 2 is 1.94 bits per heavy atom. The summed E-state index contributed by atoms with van der Waals surface area (Å²) in [6.45, 7) is 4.11. The van der Waals surface area contributed by atoms with Crippen molar-refractivity contribution in [2.75, 3.05) is 38.3 Å². The van der Waals surface area contributed by atoms with Crippen molar-refractivity contribution in [1.82, 2.24) is 14.5 Å². The summed E-state index contributed by atoms with van der Waals surface area (Å²) in [5.74, 6) is 2.34. The van der Waals surface area contributed by atoms with Gasteiger partial charge in [0, 0.05) is 41.8 Å².